The predicted molar refractivity (Wildman–Crippen MR) is 61.8 cm³/mol. The van der Waals surface area contributed by atoms with Crippen LogP contribution in [0.4, 0.5) is 0 Å². The summed E-state index contributed by atoms with van der Waals surface area (Å²) in [5, 5.41) is 13.4. The summed E-state index contributed by atoms with van der Waals surface area (Å²) < 4.78 is 2.03. The molecule has 3 nitrogen and oxygen atoms in total. The summed E-state index contributed by atoms with van der Waals surface area (Å²) in [6.07, 6.45) is 5.13. The number of aromatic nitrogens is 2. The molecule has 0 aromatic carbocycles. The molecular formula is C12H22N2O. The Morgan fingerprint density at radius 3 is 2.80 bits per heavy atom. The highest BCUT2D eigenvalue weighted by Gasteiger charge is 2.06. The van der Waals surface area contributed by atoms with E-state index >= 15 is 0 Å². The molecule has 0 saturated carbocycles. The van der Waals surface area contributed by atoms with Gasteiger partial charge in [0.2, 0.25) is 0 Å². The lowest BCUT2D eigenvalue weighted by atomic mass is 10.1. The molecule has 2 atom stereocenters. The Morgan fingerprint density at radius 1 is 1.47 bits per heavy atom. The van der Waals surface area contributed by atoms with Gasteiger partial charge in [0.05, 0.1) is 5.69 Å². The number of aliphatic hydroxyl groups is 1. The Balaban J connectivity index is 2.46. The van der Waals surface area contributed by atoms with Gasteiger partial charge in [0.1, 0.15) is 0 Å². The monoisotopic (exact) mass is 210 g/mol. The zero-order chi connectivity index (χ0) is 11.3. The highest BCUT2D eigenvalue weighted by molar-refractivity contribution is 4.99. The fraction of sp³-hybridized carbons (Fsp3) is 0.750. The maximum atomic E-state index is 8.92. The van der Waals surface area contributed by atoms with Crippen LogP contribution in [-0.2, 0) is 6.42 Å². The first-order valence-electron chi connectivity index (χ1n) is 5.82. The molecule has 1 rings (SSSR count). The zero-order valence-corrected chi connectivity index (χ0v) is 9.98. The second-order valence-corrected chi connectivity index (χ2v) is 4.37. The van der Waals surface area contributed by atoms with Gasteiger partial charge in [0.15, 0.2) is 0 Å². The van der Waals surface area contributed by atoms with Gasteiger partial charge < -0.3 is 5.11 Å². The summed E-state index contributed by atoms with van der Waals surface area (Å²) >= 11 is 0. The largest absolute Gasteiger partial charge is 0.396 e. The molecule has 0 aliphatic rings. The first-order chi connectivity index (χ1) is 7.17. The lowest BCUT2D eigenvalue weighted by Crippen LogP contribution is -2.06. The van der Waals surface area contributed by atoms with Crippen molar-refractivity contribution in [2.24, 2.45) is 5.92 Å². The Morgan fingerprint density at radius 2 is 2.20 bits per heavy atom. The average molecular weight is 210 g/mol. The molecule has 0 bridgehead atoms. The zero-order valence-electron chi connectivity index (χ0n) is 9.98. The fourth-order valence-electron chi connectivity index (χ4n) is 1.43. The van der Waals surface area contributed by atoms with Gasteiger partial charge in [-0.05, 0) is 38.2 Å². The van der Waals surface area contributed by atoms with Crippen molar-refractivity contribution in [2.75, 3.05) is 6.61 Å². The molecule has 0 spiro atoms. The molecule has 0 amide bonds. The van der Waals surface area contributed by atoms with Crippen LogP contribution in [0.25, 0.3) is 0 Å². The van der Waals surface area contributed by atoms with Gasteiger partial charge in [-0.2, -0.15) is 5.10 Å². The second-order valence-electron chi connectivity index (χ2n) is 4.37. The van der Waals surface area contributed by atoms with E-state index < -0.39 is 0 Å². The van der Waals surface area contributed by atoms with Crippen LogP contribution < -0.4 is 0 Å². The summed E-state index contributed by atoms with van der Waals surface area (Å²) in [7, 11) is 0. The second kappa shape index (κ2) is 5.91. The normalized spacial score (nSPS) is 15.2. The molecule has 0 radical (unpaired) electrons. The third-order valence-electron chi connectivity index (χ3n) is 2.91. The minimum absolute atomic E-state index is 0.270. The van der Waals surface area contributed by atoms with E-state index in [2.05, 4.69) is 31.9 Å². The number of nitrogens with zero attached hydrogens (tertiary/aromatic N) is 2. The fourth-order valence-corrected chi connectivity index (χ4v) is 1.43. The van der Waals surface area contributed by atoms with Crippen molar-refractivity contribution in [3.63, 3.8) is 0 Å². The minimum atomic E-state index is 0.270. The number of hydrogen-bond acceptors (Lipinski definition) is 2. The van der Waals surface area contributed by atoms with Crippen LogP contribution in [0.15, 0.2) is 12.3 Å². The minimum Gasteiger partial charge on any atom is -0.396 e. The molecule has 86 valence electrons. The Kier molecular flexibility index (Phi) is 4.82. The van der Waals surface area contributed by atoms with Crippen LogP contribution in [0.1, 0.15) is 45.3 Å². The number of aryl methyl sites for hydroxylation is 1. The lowest BCUT2D eigenvalue weighted by Gasteiger charge is -2.08. The predicted octanol–water partition coefficient (Wildman–Crippen LogP) is 2.42. The molecular weight excluding hydrogens is 188 g/mol. The number of aliphatic hydroxyl groups excluding tert-OH is 1. The molecule has 1 N–H and O–H groups in total. The van der Waals surface area contributed by atoms with Crippen molar-refractivity contribution >= 4 is 0 Å². The molecule has 2 unspecified atom stereocenters. The van der Waals surface area contributed by atoms with Gasteiger partial charge in [-0.3, -0.25) is 4.68 Å². The molecule has 1 heterocycles. The molecule has 0 saturated heterocycles. The van der Waals surface area contributed by atoms with E-state index in [1.54, 1.807) is 0 Å². The molecule has 1 aromatic rings. The smallest absolute Gasteiger partial charge is 0.0624 e. The number of hydrogen-bond donors (Lipinski definition) is 1. The topological polar surface area (TPSA) is 38.0 Å². The standard InChI is InChI=1S/C12H22N2O/c1-4-11(3)14-8-7-12(13-14)6-5-10(2)9-15/h7-8,10-11,15H,4-6,9H2,1-3H3. The Labute approximate surface area is 92.1 Å². The summed E-state index contributed by atoms with van der Waals surface area (Å²) in [5.74, 6) is 0.374. The molecule has 0 aliphatic heterocycles. The van der Waals surface area contributed by atoms with Crippen LogP contribution >= 0.6 is 0 Å². The van der Waals surface area contributed by atoms with Crippen molar-refractivity contribution in [3.8, 4) is 0 Å². The summed E-state index contributed by atoms with van der Waals surface area (Å²) in [4.78, 5) is 0. The molecule has 0 fully saturated rings. The van der Waals surface area contributed by atoms with Gasteiger partial charge in [0.25, 0.3) is 0 Å². The van der Waals surface area contributed by atoms with E-state index in [0.29, 0.717) is 12.0 Å². The van der Waals surface area contributed by atoms with Crippen LogP contribution in [0.2, 0.25) is 0 Å². The van der Waals surface area contributed by atoms with Crippen molar-refractivity contribution in [1.82, 2.24) is 9.78 Å². The quantitative estimate of drug-likeness (QED) is 0.783. The van der Waals surface area contributed by atoms with E-state index in [0.717, 1.165) is 25.0 Å². The maximum absolute atomic E-state index is 8.92. The Bertz CT molecular complexity index is 283. The Hall–Kier alpha value is -0.830. The van der Waals surface area contributed by atoms with Gasteiger partial charge in [-0.15, -0.1) is 0 Å². The third-order valence-corrected chi connectivity index (χ3v) is 2.91. The van der Waals surface area contributed by atoms with E-state index in [1.807, 2.05) is 10.9 Å². The van der Waals surface area contributed by atoms with E-state index in [-0.39, 0.29) is 6.61 Å². The van der Waals surface area contributed by atoms with Crippen molar-refractivity contribution in [3.05, 3.63) is 18.0 Å². The van der Waals surface area contributed by atoms with Crippen molar-refractivity contribution in [1.29, 1.82) is 0 Å². The number of rotatable bonds is 6. The summed E-state index contributed by atoms with van der Waals surface area (Å²) in [5.41, 5.74) is 1.13. The molecule has 0 aliphatic carbocycles. The van der Waals surface area contributed by atoms with Gasteiger partial charge >= 0.3 is 0 Å². The van der Waals surface area contributed by atoms with Crippen LogP contribution in [0.3, 0.4) is 0 Å². The van der Waals surface area contributed by atoms with Crippen LogP contribution in [0.5, 0.6) is 0 Å². The third kappa shape index (κ3) is 3.67. The first-order valence-corrected chi connectivity index (χ1v) is 5.82. The van der Waals surface area contributed by atoms with Gasteiger partial charge in [-0.25, -0.2) is 0 Å². The van der Waals surface area contributed by atoms with Crippen LogP contribution in [0, 0.1) is 5.92 Å². The SMILES string of the molecule is CCC(C)n1ccc(CCC(C)CO)n1. The van der Waals surface area contributed by atoms with E-state index in [4.69, 9.17) is 5.11 Å². The highest BCUT2D eigenvalue weighted by Crippen LogP contribution is 2.11. The highest BCUT2D eigenvalue weighted by atomic mass is 16.3. The van der Waals surface area contributed by atoms with E-state index in [9.17, 15) is 0 Å². The molecule has 1 aromatic heterocycles. The van der Waals surface area contributed by atoms with Crippen LogP contribution in [-0.4, -0.2) is 21.5 Å². The van der Waals surface area contributed by atoms with Crippen molar-refractivity contribution < 1.29 is 5.11 Å². The molecule has 3 heteroatoms. The van der Waals surface area contributed by atoms with Gasteiger partial charge in [-0.1, -0.05) is 13.8 Å². The summed E-state index contributed by atoms with van der Waals surface area (Å²) in [6, 6.07) is 2.56. The first kappa shape index (κ1) is 12.2. The van der Waals surface area contributed by atoms with Crippen molar-refractivity contribution in [2.45, 2.75) is 46.1 Å². The summed E-state index contributed by atoms with van der Waals surface area (Å²) in [6.45, 7) is 6.67. The maximum Gasteiger partial charge on any atom is 0.0624 e. The average Bonchev–Trinajstić information content (AvgIpc) is 2.73. The lowest BCUT2D eigenvalue weighted by molar-refractivity contribution is 0.230. The van der Waals surface area contributed by atoms with E-state index in [1.165, 1.54) is 0 Å². The van der Waals surface area contributed by atoms with Gasteiger partial charge in [0, 0.05) is 18.8 Å². The molecule has 15 heavy (non-hydrogen) atoms.